The average molecular weight is 1070 g/mol. The van der Waals surface area contributed by atoms with Crippen molar-refractivity contribution in [3.63, 3.8) is 0 Å². The monoisotopic (exact) mass is 1070 g/mol. The van der Waals surface area contributed by atoms with Gasteiger partial charge in [0.1, 0.15) is 29.1 Å². The van der Waals surface area contributed by atoms with Gasteiger partial charge in [0.25, 0.3) is 23.3 Å². The fourth-order valence-corrected chi connectivity index (χ4v) is 12.7. The molecular formula is C54H62N11O11P. The molecule has 404 valence electrons. The number of phosphoric acid groups is 1. The maximum atomic E-state index is 14.3. The summed E-state index contributed by atoms with van der Waals surface area (Å²) in [5.74, 6) is -1.53. The van der Waals surface area contributed by atoms with Crippen LogP contribution in [0, 0.1) is 5.41 Å². The number of anilines is 5. The molecule has 5 aliphatic heterocycles. The fourth-order valence-electron chi connectivity index (χ4n) is 12.2. The Morgan fingerprint density at radius 2 is 1.62 bits per heavy atom. The number of rotatable bonds is 13. The molecule has 0 spiro atoms. The summed E-state index contributed by atoms with van der Waals surface area (Å²) in [6, 6.07) is 14.1. The fraction of sp³-hybridized carbons (Fsp3) is 0.444. The maximum Gasteiger partial charge on any atom is 0.471 e. The second kappa shape index (κ2) is 20.1. The summed E-state index contributed by atoms with van der Waals surface area (Å²) in [6.07, 6.45) is 7.50. The zero-order valence-electron chi connectivity index (χ0n) is 43.6. The highest BCUT2D eigenvalue weighted by Crippen LogP contribution is 2.42. The number of fused-ring (bicyclic) bond motifs is 4. The number of nitrogens with zero attached hydrogens (tertiary/aromatic N) is 9. The molecule has 3 saturated heterocycles. The van der Waals surface area contributed by atoms with Gasteiger partial charge in [-0.1, -0.05) is 13.8 Å². The number of aryl methyl sites for hydroxylation is 1. The van der Waals surface area contributed by atoms with Gasteiger partial charge < -0.3 is 38.8 Å². The van der Waals surface area contributed by atoms with Crippen molar-refractivity contribution in [2.75, 3.05) is 59.3 Å². The molecule has 6 aliphatic rings. The molecule has 22 nitrogen and oxygen atoms in total. The summed E-state index contributed by atoms with van der Waals surface area (Å²) in [5, 5.41) is 5.47. The van der Waals surface area contributed by atoms with Crippen molar-refractivity contribution in [2.45, 2.75) is 104 Å². The van der Waals surface area contributed by atoms with E-state index in [1.54, 1.807) is 54.8 Å². The first kappa shape index (κ1) is 52.0. The Bertz CT molecular complexity index is 3350. The zero-order valence-corrected chi connectivity index (χ0v) is 44.5. The van der Waals surface area contributed by atoms with Crippen LogP contribution < -0.4 is 30.9 Å². The second-order valence-electron chi connectivity index (χ2n) is 21.8. The van der Waals surface area contributed by atoms with Crippen LogP contribution in [0.25, 0.3) is 11.1 Å². The highest BCUT2D eigenvalue weighted by Gasteiger charge is 2.45. The molecule has 4 aromatic heterocycles. The predicted octanol–water partition coefficient (Wildman–Crippen LogP) is 4.73. The van der Waals surface area contributed by atoms with Crippen molar-refractivity contribution >= 4 is 66.1 Å². The van der Waals surface area contributed by atoms with E-state index >= 15 is 0 Å². The molecule has 4 N–H and O–H groups in total. The van der Waals surface area contributed by atoms with Gasteiger partial charge in [-0.25, -0.2) is 14.5 Å². The quantitative estimate of drug-likeness (QED) is 0.0707. The molecule has 11 rings (SSSR count). The summed E-state index contributed by atoms with van der Waals surface area (Å²) < 4.78 is 26.0. The largest absolute Gasteiger partial charge is 0.471 e. The molecule has 0 saturated carbocycles. The number of imide groups is 2. The molecule has 3 atom stereocenters. The van der Waals surface area contributed by atoms with E-state index in [9.17, 15) is 43.1 Å². The van der Waals surface area contributed by atoms with Crippen molar-refractivity contribution in [3.8, 4) is 11.1 Å². The highest BCUT2D eigenvalue weighted by atomic mass is 31.2. The van der Waals surface area contributed by atoms with Crippen LogP contribution in [0.4, 0.5) is 28.7 Å². The molecule has 0 bridgehead atoms. The third-order valence-corrected chi connectivity index (χ3v) is 16.5. The van der Waals surface area contributed by atoms with Crippen molar-refractivity contribution in [3.05, 3.63) is 111 Å². The molecule has 1 aliphatic carbocycles. The number of amides is 5. The SMILES string of the molecule is CC(OCc1c(-c2cc(Nc3ccc(N4CCN(C5CCN(c6ccc7c(c6)C(=O)N(C6CCC(=O)NC6=O)C7=O)CC5)C[C@@H]4C)cn3)c(=O)n(C)c2)ccnc1N1CCn2c(cc3c2CC(C)(C)C3)C1=O)OP(=O)(O)O. The van der Waals surface area contributed by atoms with E-state index in [1.807, 2.05) is 24.3 Å². The smallest absolute Gasteiger partial charge is 0.371 e. The molecule has 3 fully saturated rings. The zero-order chi connectivity index (χ0) is 54.2. The van der Waals surface area contributed by atoms with Gasteiger partial charge in [-0.2, -0.15) is 0 Å². The van der Waals surface area contributed by atoms with Gasteiger partial charge in [0, 0.05) is 106 Å². The number of carbonyl (C=O) groups is 5. The second-order valence-corrected chi connectivity index (χ2v) is 23.0. The van der Waals surface area contributed by atoms with Gasteiger partial charge in [0.05, 0.1) is 29.6 Å². The summed E-state index contributed by atoms with van der Waals surface area (Å²) in [7, 11) is -3.26. The van der Waals surface area contributed by atoms with E-state index in [0.29, 0.717) is 53.2 Å². The van der Waals surface area contributed by atoms with Crippen LogP contribution >= 0.6 is 7.82 Å². The molecule has 23 heteroatoms. The van der Waals surface area contributed by atoms with E-state index in [2.05, 4.69) is 55.7 Å². The summed E-state index contributed by atoms with van der Waals surface area (Å²) >= 11 is 0. The number of benzene rings is 1. The van der Waals surface area contributed by atoms with Crippen molar-refractivity contribution in [2.24, 2.45) is 12.5 Å². The van der Waals surface area contributed by atoms with Crippen molar-refractivity contribution < 1.29 is 47.6 Å². The lowest BCUT2D eigenvalue weighted by atomic mass is 9.90. The third-order valence-electron chi connectivity index (χ3n) is 15.9. The number of aromatic nitrogens is 4. The van der Waals surface area contributed by atoms with E-state index in [1.165, 1.54) is 22.7 Å². The van der Waals surface area contributed by atoms with E-state index < -0.39 is 43.8 Å². The Morgan fingerprint density at radius 3 is 2.35 bits per heavy atom. The first-order valence-electron chi connectivity index (χ1n) is 26.1. The lowest BCUT2D eigenvalue weighted by Crippen LogP contribution is -2.57. The lowest BCUT2D eigenvalue weighted by molar-refractivity contribution is -0.136. The Labute approximate surface area is 444 Å². The van der Waals surface area contributed by atoms with Crippen LogP contribution in [0.1, 0.15) is 101 Å². The highest BCUT2D eigenvalue weighted by molar-refractivity contribution is 7.46. The molecule has 1 aromatic carbocycles. The molecule has 5 aromatic rings. The van der Waals surface area contributed by atoms with Crippen LogP contribution in [0.3, 0.4) is 0 Å². The molecule has 9 heterocycles. The minimum Gasteiger partial charge on any atom is -0.371 e. The standard InChI is InChI=1S/C54H62N11O11P/c1-31-28-61(35-13-16-60(17-14-35)36-6-8-39-40(24-36)51(69)65(50(39)68)43-9-11-47(66)58-49(43)67)18-19-62(31)37-7-10-46(56-27-37)57-42-22-34(29-59(5)52(42)70)38-12-15-55-48(41(38)30-75-32(2)76-77(72,73)74)64-21-20-63-44(53(64)71)23-33-25-54(3,4)26-45(33)63/h6-8,10,12,15,22-24,27,29,31-32,35,43H,9,11,13-14,16-21,25-26,28,30H2,1-5H3,(H,56,57)(H,58,66,67)(H2,72,73,74)/t31-,32?,43?/m0/s1. The number of phosphoric ester groups is 1. The van der Waals surface area contributed by atoms with Crippen LogP contribution in [0.2, 0.25) is 0 Å². The first-order valence-corrected chi connectivity index (χ1v) is 27.7. The number of carbonyl (C=O) groups excluding carboxylic acids is 5. The number of piperidine rings is 2. The van der Waals surface area contributed by atoms with E-state index in [-0.39, 0.29) is 59.2 Å². The van der Waals surface area contributed by atoms with E-state index in [4.69, 9.17) is 14.2 Å². The van der Waals surface area contributed by atoms with Crippen molar-refractivity contribution in [1.29, 1.82) is 0 Å². The van der Waals surface area contributed by atoms with Crippen LogP contribution in [-0.2, 0) is 56.5 Å². The van der Waals surface area contributed by atoms with Gasteiger partial charge in [-0.05, 0) is 111 Å². The summed E-state index contributed by atoms with van der Waals surface area (Å²) in [5.41, 5.74) is 6.92. The summed E-state index contributed by atoms with van der Waals surface area (Å²) in [6.45, 7) is 12.7. The van der Waals surface area contributed by atoms with Gasteiger partial charge in [-0.3, -0.25) is 53.3 Å². The Morgan fingerprint density at radius 1 is 0.857 bits per heavy atom. The minimum absolute atomic E-state index is 0.0653. The Hall–Kier alpha value is -7.07. The molecule has 77 heavy (non-hydrogen) atoms. The Balaban J connectivity index is 0.748. The number of pyridine rings is 3. The van der Waals surface area contributed by atoms with Crippen LogP contribution in [0.15, 0.2) is 71.9 Å². The van der Waals surface area contributed by atoms with Gasteiger partial charge in [-0.15, -0.1) is 0 Å². The normalized spacial score (nSPS) is 21.4. The van der Waals surface area contributed by atoms with Crippen LogP contribution in [-0.4, -0.2) is 132 Å². The first-order chi connectivity index (χ1) is 36.7. The minimum atomic E-state index is -4.89. The number of hydrogen-bond donors (Lipinski definition) is 4. The average Bonchev–Trinajstić information content (AvgIpc) is 4.09. The Kier molecular flexibility index (Phi) is 13.5. The molecule has 2 unspecified atom stereocenters. The van der Waals surface area contributed by atoms with Gasteiger partial charge in [0.2, 0.25) is 11.8 Å². The topological polar surface area (TPSA) is 254 Å². The molecule has 5 amide bonds. The molecule has 0 radical (unpaired) electrons. The lowest BCUT2D eigenvalue weighted by Gasteiger charge is -2.46. The number of hydrogen-bond acceptors (Lipinski definition) is 15. The number of ether oxygens (including phenoxy) is 1. The number of nitrogens with one attached hydrogen (secondary N) is 2. The van der Waals surface area contributed by atoms with Crippen LogP contribution in [0.5, 0.6) is 0 Å². The summed E-state index contributed by atoms with van der Waals surface area (Å²) in [4.78, 5) is 117. The van der Waals surface area contributed by atoms with Gasteiger partial charge in [0.15, 0.2) is 6.29 Å². The molecular weight excluding hydrogens is 1010 g/mol. The van der Waals surface area contributed by atoms with Crippen molar-refractivity contribution in [1.82, 2.24) is 34.2 Å². The maximum absolute atomic E-state index is 14.3. The third kappa shape index (κ3) is 10.1. The predicted molar refractivity (Wildman–Crippen MR) is 284 cm³/mol. The number of piperazine rings is 1. The van der Waals surface area contributed by atoms with E-state index in [0.717, 1.165) is 74.7 Å². The van der Waals surface area contributed by atoms with Gasteiger partial charge >= 0.3 is 7.82 Å².